The van der Waals surface area contributed by atoms with Crippen molar-refractivity contribution in [3.05, 3.63) is 245 Å². The van der Waals surface area contributed by atoms with Crippen molar-refractivity contribution in [1.29, 1.82) is 0 Å². The first-order valence-corrected chi connectivity index (χ1v) is 22.0. The zero-order valence-electron chi connectivity index (χ0n) is 33.4. The first-order chi connectivity index (χ1) is 29.7. The van der Waals surface area contributed by atoms with E-state index in [2.05, 4.69) is 193 Å². The van der Waals surface area contributed by atoms with Gasteiger partial charge in [-0.2, -0.15) is 0 Å². The van der Waals surface area contributed by atoms with Crippen LogP contribution in [0.3, 0.4) is 0 Å². The van der Waals surface area contributed by atoms with Crippen LogP contribution in [-0.2, 0) is 5.41 Å². The van der Waals surface area contributed by atoms with Crippen molar-refractivity contribution in [3.63, 3.8) is 0 Å². The zero-order chi connectivity index (χ0) is 40.1. The Labute approximate surface area is 357 Å². The second-order valence-electron chi connectivity index (χ2n) is 15.8. The molecule has 0 radical (unpaired) electrons. The Morgan fingerprint density at radius 1 is 0.700 bits per heavy atom. The van der Waals surface area contributed by atoms with Gasteiger partial charge in [-0.15, -0.1) is 11.8 Å². The van der Waals surface area contributed by atoms with Gasteiger partial charge in [0, 0.05) is 46.4 Å². The largest absolute Gasteiger partial charge is 0.387 e. The third kappa shape index (κ3) is 7.46. The van der Waals surface area contributed by atoms with Gasteiger partial charge in [0.15, 0.2) is 17.5 Å². The van der Waals surface area contributed by atoms with Gasteiger partial charge in [0.2, 0.25) is 0 Å². The predicted molar refractivity (Wildman–Crippen MR) is 251 cm³/mol. The fourth-order valence-corrected chi connectivity index (χ4v) is 10.3. The highest BCUT2D eigenvalue weighted by molar-refractivity contribution is 8.02. The molecule has 292 valence electrons. The molecule has 60 heavy (non-hydrogen) atoms. The molecule has 3 aromatic carbocycles. The average Bonchev–Trinajstić information content (AvgIpc) is 3.60. The van der Waals surface area contributed by atoms with Crippen molar-refractivity contribution in [3.8, 4) is 22.5 Å². The van der Waals surface area contributed by atoms with Crippen molar-refractivity contribution < 1.29 is 0 Å². The van der Waals surface area contributed by atoms with Crippen LogP contribution in [0, 0.1) is 11.8 Å². The van der Waals surface area contributed by atoms with Crippen molar-refractivity contribution in [2.75, 3.05) is 6.54 Å². The topological polar surface area (TPSA) is 50.7 Å². The summed E-state index contributed by atoms with van der Waals surface area (Å²) in [6.45, 7) is 0.880. The first kappa shape index (κ1) is 37.7. The minimum Gasteiger partial charge on any atom is -0.387 e. The van der Waals surface area contributed by atoms with Gasteiger partial charge in [-0.1, -0.05) is 188 Å². The van der Waals surface area contributed by atoms with Crippen LogP contribution in [-0.4, -0.2) is 26.7 Å². The van der Waals surface area contributed by atoms with Crippen LogP contribution < -0.4 is 5.32 Å². The molecule has 3 unspecified atom stereocenters. The molecule has 6 aliphatic rings. The van der Waals surface area contributed by atoms with Gasteiger partial charge in [-0.3, -0.25) is 0 Å². The second-order valence-corrected chi connectivity index (χ2v) is 16.9. The molecule has 3 heterocycles. The predicted octanol–water partition coefficient (Wildman–Crippen LogP) is 12.6. The van der Waals surface area contributed by atoms with Gasteiger partial charge in [-0.25, -0.2) is 15.0 Å². The van der Waals surface area contributed by atoms with Crippen molar-refractivity contribution >= 4 is 22.9 Å². The Morgan fingerprint density at radius 3 is 2.22 bits per heavy atom. The minimum absolute atomic E-state index is 0.193. The molecule has 4 nitrogen and oxygen atoms in total. The number of nitrogens with zero attached hydrogens (tertiary/aromatic N) is 3. The quantitative estimate of drug-likeness (QED) is 0.189. The van der Waals surface area contributed by atoms with Crippen LogP contribution in [0.25, 0.3) is 33.7 Å². The molecule has 0 saturated heterocycles. The molecule has 1 N–H and O–H groups in total. The number of dihydropyridines is 1. The molecule has 0 saturated carbocycles. The lowest BCUT2D eigenvalue weighted by Gasteiger charge is -2.41. The van der Waals surface area contributed by atoms with E-state index in [1.807, 2.05) is 30.0 Å². The molecule has 2 aliphatic heterocycles. The van der Waals surface area contributed by atoms with E-state index in [1.165, 1.54) is 33.4 Å². The molecule has 3 atom stereocenters. The summed E-state index contributed by atoms with van der Waals surface area (Å²) in [6, 6.07) is 28.3. The highest BCUT2D eigenvalue weighted by atomic mass is 32.2. The fourth-order valence-electron chi connectivity index (χ4n) is 9.21. The lowest BCUT2D eigenvalue weighted by Crippen LogP contribution is -2.38. The third-order valence-corrected chi connectivity index (χ3v) is 13.2. The normalized spacial score (nSPS) is 24.3. The van der Waals surface area contributed by atoms with E-state index < -0.39 is 0 Å². The highest BCUT2D eigenvalue weighted by Gasteiger charge is 2.49. The second kappa shape index (κ2) is 17.0. The van der Waals surface area contributed by atoms with Gasteiger partial charge < -0.3 is 5.32 Å². The number of aromatic nitrogens is 3. The number of benzene rings is 3. The zero-order valence-corrected chi connectivity index (χ0v) is 34.3. The molecule has 0 amide bonds. The average molecular weight is 795 g/mol. The lowest BCUT2D eigenvalue weighted by molar-refractivity contribution is 0.478. The lowest BCUT2D eigenvalue weighted by atomic mass is 9.65. The maximum atomic E-state index is 5.05. The molecule has 1 aromatic heterocycles. The summed E-state index contributed by atoms with van der Waals surface area (Å²) in [7, 11) is 0. The van der Waals surface area contributed by atoms with Crippen LogP contribution in [0.15, 0.2) is 223 Å². The number of allylic oxidation sites excluding steroid dienone is 22. The Hall–Kier alpha value is -6.56. The van der Waals surface area contributed by atoms with E-state index in [0.29, 0.717) is 5.82 Å². The van der Waals surface area contributed by atoms with Crippen LogP contribution >= 0.6 is 11.8 Å². The van der Waals surface area contributed by atoms with E-state index in [9.17, 15) is 0 Å². The van der Waals surface area contributed by atoms with Crippen LogP contribution in [0.2, 0.25) is 0 Å². The Morgan fingerprint density at radius 2 is 1.47 bits per heavy atom. The summed E-state index contributed by atoms with van der Waals surface area (Å²) in [5, 5.41) is 5.78. The van der Waals surface area contributed by atoms with E-state index >= 15 is 0 Å². The first-order valence-electron chi connectivity index (χ1n) is 21.0. The number of fused-ring (bicyclic) bond motifs is 7. The summed E-state index contributed by atoms with van der Waals surface area (Å²) >= 11 is 1.92. The molecule has 1 spiro atoms. The summed E-state index contributed by atoms with van der Waals surface area (Å²) in [5.41, 5.74) is 11.9. The summed E-state index contributed by atoms with van der Waals surface area (Å²) < 4.78 is 0. The number of rotatable bonds is 7. The monoisotopic (exact) mass is 794 g/mol. The molecule has 4 aromatic rings. The maximum Gasteiger partial charge on any atom is 0.164 e. The number of thioether (sulfide) groups is 1. The third-order valence-electron chi connectivity index (χ3n) is 12.2. The van der Waals surface area contributed by atoms with Crippen molar-refractivity contribution in [1.82, 2.24) is 20.3 Å². The Bertz CT molecular complexity index is 2680. The molecule has 4 aliphatic carbocycles. The maximum absolute atomic E-state index is 5.05. The summed E-state index contributed by atoms with van der Waals surface area (Å²) in [6.07, 6.45) is 47.8. The molecule has 5 heteroatoms. The standard InChI is InChI=1S/C55H46N4S/c1-3-19-42(20-4-1)52-57-53(43-21-5-2-6-22-43)59-54(58-52)44-29-27-41(28-30-44)45-31-32-50-51(37-45)60-36-33-39(15-7-8-16-40-18-14-35-56-38-40)17-13-34-55(50)48-25-11-9-23-46(48)47-24-10-12-26-49(47)55/h1-5,7-21,23-27,29-34,36-38,41,50-51,56H,6,22,28,35H2/b15-7+,16-8-,34-13+,36-33+,39-17-. The highest BCUT2D eigenvalue weighted by Crippen LogP contribution is 2.57. The van der Waals surface area contributed by atoms with E-state index in [-0.39, 0.29) is 22.5 Å². The minimum atomic E-state index is -0.335. The molecular weight excluding hydrogens is 749 g/mol. The Kier molecular flexibility index (Phi) is 10.7. The van der Waals surface area contributed by atoms with Crippen LogP contribution in [0.1, 0.15) is 42.0 Å². The number of hydrogen-bond acceptors (Lipinski definition) is 5. The number of hydrogen-bond donors (Lipinski definition) is 1. The van der Waals surface area contributed by atoms with E-state index in [4.69, 9.17) is 15.0 Å². The van der Waals surface area contributed by atoms with Gasteiger partial charge in [0.05, 0.1) is 0 Å². The summed E-state index contributed by atoms with van der Waals surface area (Å²) in [4.78, 5) is 15.0. The molecule has 0 bridgehead atoms. The van der Waals surface area contributed by atoms with E-state index in [0.717, 1.165) is 59.7 Å². The molecular formula is C55H46N4S. The van der Waals surface area contributed by atoms with Crippen molar-refractivity contribution in [2.24, 2.45) is 11.8 Å². The Balaban J connectivity index is 0.976. The van der Waals surface area contributed by atoms with E-state index in [1.54, 1.807) is 0 Å². The summed E-state index contributed by atoms with van der Waals surface area (Å²) in [5.74, 6) is 2.64. The fraction of sp³-hybridized carbons (Fsp3) is 0.145. The van der Waals surface area contributed by atoms with Crippen LogP contribution in [0.5, 0.6) is 0 Å². The smallest absolute Gasteiger partial charge is 0.164 e. The number of nitrogens with one attached hydrogen (secondary N) is 1. The molecule has 0 fully saturated rings. The van der Waals surface area contributed by atoms with Gasteiger partial charge >= 0.3 is 0 Å². The van der Waals surface area contributed by atoms with Gasteiger partial charge in [-0.05, 0) is 75.3 Å². The van der Waals surface area contributed by atoms with Gasteiger partial charge in [0.25, 0.3) is 0 Å². The van der Waals surface area contributed by atoms with Crippen molar-refractivity contribution in [2.45, 2.75) is 29.9 Å². The SMILES string of the molecule is C1=CCCC(c2nc(C3=CCC(C4=CC5S/C=C/C(/C=C/C=C\C6=CNCC=C6)=C\C=C\C6(c7ccccc7-c7ccccc76)C5C=C4)C=C3)nc(-c3ccccc3)n2)=C1. The van der Waals surface area contributed by atoms with Gasteiger partial charge in [0.1, 0.15) is 0 Å². The molecule has 10 rings (SSSR count). The van der Waals surface area contributed by atoms with Crippen LogP contribution in [0.4, 0.5) is 0 Å².